The number of halogens is 1. The summed E-state index contributed by atoms with van der Waals surface area (Å²) in [6, 6.07) is 6.48. The van der Waals surface area contributed by atoms with Gasteiger partial charge in [-0.1, -0.05) is 17.3 Å². The average molecular weight is 206 g/mol. The monoisotopic (exact) mass is 206 g/mol. The minimum absolute atomic E-state index is 0.294. The summed E-state index contributed by atoms with van der Waals surface area (Å²) >= 11 is 0. The molecule has 2 N–H and O–H groups in total. The molecule has 0 aliphatic carbocycles. The molecule has 0 atom stereocenters. The number of hydrogen-bond donors (Lipinski definition) is 1. The first-order valence-corrected chi connectivity index (χ1v) is 4.66. The summed E-state index contributed by atoms with van der Waals surface area (Å²) in [4.78, 5) is 0. The molecule has 0 amide bonds. The molecule has 1 aromatic carbocycles. The smallest absolute Gasteiger partial charge is 0.132 e. The minimum Gasteiger partial charge on any atom is -0.329 e. The lowest BCUT2D eigenvalue weighted by Crippen LogP contribution is -2.10. The standard InChI is InChI=1S/C10H11FN4/c11-9-4-2-1-3-8(9)10-7-15(6-5-12)14-13-10/h1-4,7H,5-6,12H2. The zero-order valence-corrected chi connectivity index (χ0v) is 8.10. The molecular weight excluding hydrogens is 195 g/mol. The predicted octanol–water partition coefficient (Wildman–Crippen LogP) is 1.04. The van der Waals surface area contributed by atoms with E-state index in [2.05, 4.69) is 10.3 Å². The van der Waals surface area contributed by atoms with Crippen molar-refractivity contribution in [2.45, 2.75) is 6.54 Å². The molecule has 1 heterocycles. The Kier molecular flexibility index (Phi) is 2.73. The van der Waals surface area contributed by atoms with Gasteiger partial charge in [0.15, 0.2) is 0 Å². The van der Waals surface area contributed by atoms with Gasteiger partial charge in [-0.05, 0) is 12.1 Å². The second kappa shape index (κ2) is 4.18. The summed E-state index contributed by atoms with van der Waals surface area (Å²) in [5, 5.41) is 7.73. The lowest BCUT2D eigenvalue weighted by atomic mass is 10.1. The van der Waals surface area contributed by atoms with Gasteiger partial charge >= 0.3 is 0 Å². The fourth-order valence-corrected chi connectivity index (χ4v) is 1.33. The highest BCUT2D eigenvalue weighted by molar-refractivity contribution is 5.58. The van der Waals surface area contributed by atoms with Crippen molar-refractivity contribution in [3.8, 4) is 11.3 Å². The van der Waals surface area contributed by atoms with Crippen LogP contribution in [0.1, 0.15) is 0 Å². The van der Waals surface area contributed by atoms with Gasteiger partial charge in [-0.25, -0.2) is 4.39 Å². The second-order valence-electron chi connectivity index (χ2n) is 3.14. The molecule has 2 rings (SSSR count). The Labute approximate surface area is 86.5 Å². The van der Waals surface area contributed by atoms with Gasteiger partial charge in [-0.3, -0.25) is 4.68 Å². The molecule has 0 bridgehead atoms. The Morgan fingerprint density at radius 2 is 2.13 bits per heavy atom. The molecule has 0 spiro atoms. The summed E-state index contributed by atoms with van der Waals surface area (Å²) in [7, 11) is 0. The molecule has 78 valence electrons. The minimum atomic E-state index is -0.294. The molecule has 2 aromatic rings. The Bertz CT molecular complexity index is 452. The van der Waals surface area contributed by atoms with Crippen LogP contribution in [0.5, 0.6) is 0 Å². The third-order valence-corrected chi connectivity index (χ3v) is 2.05. The molecule has 0 fully saturated rings. The summed E-state index contributed by atoms with van der Waals surface area (Å²) in [5.74, 6) is -0.294. The van der Waals surface area contributed by atoms with Crippen LogP contribution < -0.4 is 5.73 Å². The van der Waals surface area contributed by atoms with Gasteiger partial charge in [-0.2, -0.15) is 0 Å². The van der Waals surface area contributed by atoms with Crippen LogP contribution in [0.4, 0.5) is 4.39 Å². The van der Waals surface area contributed by atoms with Crippen molar-refractivity contribution >= 4 is 0 Å². The van der Waals surface area contributed by atoms with Crippen LogP contribution in [-0.2, 0) is 6.54 Å². The van der Waals surface area contributed by atoms with Crippen molar-refractivity contribution in [1.29, 1.82) is 0 Å². The zero-order chi connectivity index (χ0) is 10.7. The highest BCUT2D eigenvalue weighted by Crippen LogP contribution is 2.19. The molecule has 0 aliphatic rings. The van der Waals surface area contributed by atoms with Crippen molar-refractivity contribution in [2.24, 2.45) is 5.73 Å². The molecule has 0 radical (unpaired) electrons. The maximum absolute atomic E-state index is 13.4. The Morgan fingerprint density at radius 3 is 2.87 bits per heavy atom. The van der Waals surface area contributed by atoms with E-state index in [1.807, 2.05) is 0 Å². The molecule has 0 saturated carbocycles. The lowest BCUT2D eigenvalue weighted by Gasteiger charge is -1.96. The van der Waals surface area contributed by atoms with Crippen molar-refractivity contribution < 1.29 is 4.39 Å². The second-order valence-corrected chi connectivity index (χ2v) is 3.14. The van der Waals surface area contributed by atoms with Gasteiger partial charge in [0.2, 0.25) is 0 Å². The van der Waals surface area contributed by atoms with Crippen molar-refractivity contribution in [3.05, 3.63) is 36.3 Å². The average Bonchev–Trinajstić information content (AvgIpc) is 2.68. The summed E-state index contributed by atoms with van der Waals surface area (Å²) in [6.45, 7) is 1.07. The van der Waals surface area contributed by atoms with Gasteiger partial charge in [-0.15, -0.1) is 5.10 Å². The zero-order valence-electron chi connectivity index (χ0n) is 8.10. The van der Waals surface area contributed by atoms with Crippen LogP contribution in [0.15, 0.2) is 30.5 Å². The number of aromatic nitrogens is 3. The third-order valence-electron chi connectivity index (χ3n) is 2.05. The number of benzene rings is 1. The number of rotatable bonds is 3. The Morgan fingerprint density at radius 1 is 1.33 bits per heavy atom. The first-order valence-electron chi connectivity index (χ1n) is 4.66. The highest BCUT2D eigenvalue weighted by atomic mass is 19.1. The Balaban J connectivity index is 2.33. The van der Waals surface area contributed by atoms with Gasteiger partial charge in [0.05, 0.1) is 12.7 Å². The fraction of sp³-hybridized carbons (Fsp3) is 0.200. The summed E-state index contributed by atoms with van der Waals surface area (Å²) in [5.41, 5.74) is 6.36. The van der Waals surface area contributed by atoms with Crippen LogP contribution in [0.25, 0.3) is 11.3 Å². The van der Waals surface area contributed by atoms with E-state index in [9.17, 15) is 4.39 Å². The van der Waals surface area contributed by atoms with Crippen molar-refractivity contribution in [3.63, 3.8) is 0 Å². The quantitative estimate of drug-likeness (QED) is 0.816. The van der Waals surface area contributed by atoms with E-state index in [-0.39, 0.29) is 5.82 Å². The van der Waals surface area contributed by atoms with Gasteiger partial charge in [0.1, 0.15) is 11.5 Å². The maximum atomic E-state index is 13.4. The van der Waals surface area contributed by atoms with E-state index in [4.69, 9.17) is 5.73 Å². The molecule has 15 heavy (non-hydrogen) atoms. The van der Waals surface area contributed by atoms with Crippen LogP contribution in [0.3, 0.4) is 0 Å². The normalized spacial score (nSPS) is 10.5. The third kappa shape index (κ3) is 2.02. The molecule has 0 saturated heterocycles. The lowest BCUT2D eigenvalue weighted by molar-refractivity contribution is 0.598. The van der Waals surface area contributed by atoms with Crippen molar-refractivity contribution in [2.75, 3.05) is 6.54 Å². The van der Waals surface area contributed by atoms with Crippen LogP contribution in [0, 0.1) is 5.82 Å². The van der Waals surface area contributed by atoms with Crippen molar-refractivity contribution in [1.82, 2.24) is 15.0 Å². The molecule has 0 unspecified atom stereocenters. The van der Waals surface area contributed by atoms with E-state index >= 15 is 0 Å². The molecular formula is C10H11FN4. The highest BCUT2D eigenvalue weighted by Gasteiger charge is 2.07. The number of hydrogen-bond acceptors (Lipinski definition) is 3. The van der Waals surface area contributed by atoms with Crippen LogP contribution in [0.2, 0.25) is 0 Å². The molecule has 0 aliphatic heterocycles. The molecule has 5 heteroatoms. The van der Waals surface area contributed by atoms with E-state index < -0.39 is 0 Å². The van der Waals surface area contributed by atoms with E-state index in [0.717, 1.165) is 0 Å². The first kappa shape index (κ1) is 9.79. The van der Waals surface area contributed by atoms with Crippen LogP contribution in [-0.4, -0.2) is 21.5 Å². The first-order chi connectivity index (χ1) is 7.31. The fourth-order valence-electron chi connectivity index (χ4n) is 1.33. The molecule has 1 aromatic heterocycles. The SMILES string of the molecule is NCCn1cc(-c2ccccc2F)nn1. The number of nitrogens with two attached hydrogens (primary N) is 1. The maximum Gasteiger partial charge on any atom is 0.132 e. The van der Waals surface area contributed by atoms with E-state index in [0.29, 0.717) is 24.3 Å². The van der Waals surface area contributed by atoms with Crippen LogP contribution >= 0.6 is 0 Å². The summed E-state index contributed by atoms with van der Waals surface area (Å²) < 4.78 is 15.0. The topological polar surface area (TPSA) is 56.7 Å². The van der Waals surface area contributed by atoms with Gasteiger partial charge < -0.3 is 5.73 Å². The van der Waals surface area contributed by atoms with E-state index in [1.165, 1.54) is 6.07 Å². The van der Waals surface area contributed by atoms with Gasteiger partial charge in [0, 0.05) is 12.1 Å². The molecule has 4 nitrogen and oxygen atoms in total. The van der Waals surface area contributed by atoms with E-state index in [1.54, 1.807) is 29.1 Å². The Hall–Kier alpha value is -1.75. The predicted molar refractivity (Wildman–Crippen MR) is 54.5 cm³/mol. The summed E-state index contributed by atoms with van der Waals surface area (Å²) in [6.07, 6.45) is 1.69. The number of nitrogens with zero attached hydrogens (tertiary/aromatic N) is 3. The largest absolute Gasteiger partial charge is 0.329 e. The van der Waals surface area contributed by atoms with Gasteiger partial charge in [0.25, 0.3) is 0 Å².